The van der Waals surface area contributed by atoms with Gasteiger partial charge in [0.2, 0.25) is 0 Å². The van der Waals surface area contributed by atoms with E-state index < -0.39 is 5.60 Å². The molecule has 0 radical (unpaired) electrons. The number of hydrogen-bond acceptors (Lipinski definition) is 3. The summed E-state index contributed by atoms with van der Waals surface area (Å²) in [6.45, 7) is 10.5. The number of piperidine rings is 1. The van der Waals surface area contributed by atoms with Crippen LogP contribution in [0.25, 0.3) is 0 Å². The first-order valence-electron chi connectivity index (χ1n) is 6.58. The van der Waals surface area contributed by atoms with Crippen molar-refractivity contribution in [2.24, 2.45) is 5.41 Å². The zero-order valence-electron chi connectivity index (χ0n) is 12.2. The standard InChI is InChI=1S/C14H25NO3/c1-13(2,3)18-12(17)15-10-14(4,5)8-6-11(15)7-9-16/h9,11H,6-8,10H2,1-5H3. The Labute approximate surface area is 110 Å². The molecule has 0 spiro atoms. The number of hydrogen-bond donors (Lipinski definition) is 0. The number of carbonyl (C=O) groups excluding carboxylic acids is 2. The predicted molar refractivity (Wildman–Crippen MR) is 70.4 cm³/mol. The average molecular weight is 255 g/mol. The highest BCUT2D eigenvalue weighted by atomic mass is 16.6. The minimum atomic E-state index is -0.496. The van der Waals surface area contributed by atoms with Gasteiger partial charge in [-0.05, 0) is 39.0 Å². The van der Waals surface area contributed by atoms with Gasteiger partial charge in [0.1, 0.15) is 11.9 Å². The summed E-state index contributed by atoms with van der Waals surface area (Å²) in [6.07, 6.45) is 2.88. The maximum Gasteiger partial charge on any atom is 0.410 e. The van der Waals surface area contributed by atoms with Crippen LogP contribution in [0.15, 0.2) is 0 Å². The highest BCUT2D eigenvalue weighted by molar-refractivity contribution is 5.69. The van der Waals surface area contributed by atoms with E-state index in [1.807, 2.05) is 20.8 Å². The summed E-state index contributed by atoms with van der Waals surface area (Å²) < 4.78 is 5.42. The Morgan fingerprint density at radius 1 is 1.44 bits per heavy atom. The van der Waals surface area contributed by atoms with Gasteiger partial charge >= 0.3 is 6.09 Å². The minimum Gasteiger partial charge on any atom is -0.444 e. The molecule has 1 aliphatic rings. The molecule has 1 unspecified atom stereocenters. The lowest BCUT2D eigenvalue weighted by molar-refractivity contribution is -0.109. The molecule has 1 saturated heterocycles. The van der Waals surface area contributed by atoms with Crippen molar-refractivity contribution in [3.05, 3.63) is 0 Å². The number of nitrogens with zero attached hydrogens (tertiary/aromatic N) is 1. The Morgan fingerprint density at radius 3 is 2.56 bits per heavy atom. The normalized spacial score (nSPS) is 23.6. The zero-order chi connectivity index (χ0) is 14.0. The second-order valence-electron chi connectivity index (χ2n) is 6.87. The van der Waals surface area contributed by atoms with E-state index in [1.165, 1.54) is 0 Å². The summed E-state index contributed by atoms with van der Waals surface area (Å²) in [5.74, 6) is 0. The molecule has 1 fully saturated rings. The van der Waals surface area contributed by atoms with Gasteiger partial charge < -0.3 is 14.4 Å². The van der Waals surface area contributed by atoms with E-state index in [0.29, 0.717) is 13.0 Å². The first kappa shape index (κ1) is 15.0. The number of aldehydes is 1. The Kier molecular flexibility index (Phi) is 4.41. The smallest absolute Gasteiger partial charge is 0.410 e. The Hall–Kier alpha value is -1.06. The molecule has 1 atom stereocenters. The molecule has 1 heterocycles. The van der Waals surface area contributed by atoms with Crippen molar-refractivity contribution in [1.29, 1.82) is 0 Å². The summed E-state index contributed by atoms with van der Waals surface area (Å²) in [5, 5.41) is 0. The molecule has 0 aromatic rings. The molecular formula is C14H25NO3. The lowest BCUT2D eigenvalue weighted by atomic mass is 9.81. The molecule has 104 valence electrons. The van der Waals surface area contributed by atoms with Crippen LogP contribution in [0.3, 0.4) is 0 Å². The maximum absolute atomic E-state index is 12.2. The molecule has 0 aliphatic carbocycles. The van der Waals surface area contributed by atoms with Crippen molar-refractivity contribution < 1.29 is 14.3 Å². The molecule has 4 heteroatoms. The topological polar surface area (TPSA) is 46.6 Å². The SMILES string of the molecule is CC1(C)CCC(CC=O)N(C(=O)OC(C)(C)C)C1. The average Bonchev–Trinajstić information content (AvgIpc) is 2.18. The monoisotopic (exact) mass is 255 g/mol. The van der Waals surface area contributed by atoms with Gasteiger partial charge in [-0.25, -0.2) is 4.79 Å². The van der Waals surface area contributed by atoms with E-state index >= 15 is 0 Å². The largest absolute Gasteiger partial charge is 0.444 e. The number of likely N-dealkylation sites (tertiary alicyclic amines) is 1. The van der Waals surface area contributed by atoms with Crippen LogP contribution in [0.2, 0.25) is 0 Å². The lowest BCUT2D eigenvalue weighted by Crippen LogP contribution is -2.51. The van der Waals surface area contributed by atoms with E-state index in [2.05, 4.69) is 13.8 Å². The molecule has 18 heavy (non-hydrogen) atoms. The number of rotatable bonds is 2. The second kappa shape index (κ2) is 5.29. The fourth-order valence-corrected chi connectivity index (χ4v) is 2.27. The highest BCUT2D eigenvalue weighted by Gasteiger charge is 2.37. The zero-order valence-corrected chi connectivity index (χ0v) is 12.2. The molecule has 0 aromatic heterocycles. The summed E-state index contributed by atoms with van der Waals surface area (Å²) in [6, 6.07) is -0.00891. The molecule has 0 saturated carbocycles. The summed E-state index contributed by atoms with van der Waals surface area (Å²) in [5.41, 5.74) is -0.402. The number of amides is 1. The summed E-state index contributed by atoms with van der Waals surface area (Å²) in [4.78, 5) is 24.6. The summed E-state index contributed by atoms with van der Waals surface area (Å²) >= 11 is 0. The van der Waals surface area contributed by atoms with Gasteiger partial charge in [0, 0.05) is 19.0 Å². The molecule has 0 N–H and O–H groups in total. The number of carbonyl (C=O) groups is 2. The van der Waals surface area contributed by atoms with Crippen molar-refractivity contribution in [3.63, 3.8) is 0 Å². The second-order valence-corrected chi connectivity index (χ2v) is 6.87. The van der Waals surface area contributed by atoms with Gasteiger partial charge in [0.05, 0.1) is 0 Å². The van der Waals surface area contributed by atoms with E-state index in [4.69, 9.17) is 4.74 Å². The predicted octanol–water partition coefficient (Wildman–Crippen LogP) is 3.00. The van der Waals surface area contributed by atoms with Crippen LogP contribution >= 0.6 is 0 Å². The first-order chi connectivity index (χ1) is 8.14. The molecule has 1 amide bonds. The van der Waals surface area contributed by atoms with Crippen molar-refractivity contribution in [2.75, 3.05) is 6.54 Å². The molecular weight excluding hydrogens is 230 g/mol. The van der Waals surface area contributed by atoms with Crippen LogP contribution in [-0.2, 0) is 9.53 Å². The fraction of sp³-hybridized carbons (Fsp3) is 0.857. The quantitative estimate of drug-likeness (QED) is 0.713. The van der Waals surface area contributed by atoms with Crippen LogP contribution in [0.1, 0.15) is 53.9 Å². The van der Waals surface area contributed by atoms with E-state index in [1.54, 1.807) is 4.90 Å². The first-order valence-corrected chi connectivity index (χ1v) is 6.58. The van der Waals surface area contributed by atoms with Gasteiger partial charge in [0.15, 0.2) is 0 Å². The Morgan fingerprint density at radius 2 is 2.06 bits per heavy atom. The molecule has 1 aliphatic heterocycles. The minimum absolute atomic E-state index is 0.00891. The van der Waals surface area contributed by atoms with Crippen molar-refractivity contribution in [2.45, 2.75) is 65.5 Å². The molecule has 0 bridgehead atoms. The van der Waals surface area contributed by atoms with Crippen molar-refractivity contribution in [3.8, 4) is 0 Å². The van der Waals surface area contributed by atoms with Gasteiger partial charge in [-0.15, -0.1) is 0 Å². The Balaban J connectivity index is 2.78. The van der Waals surface area contributed by atoms with Gasteiger partial charge in [-0.1, -0.05) is 13.8 Å². The molecule has 4 nitrogen and oxygen atoms in total. The van der Waals surface area contributed by atoms with Crippen molar-refractivity contribution >= 4 is 12.4 Å². The van der Waals surface area contributed by atoms with Crippen LogP contribution < -0.4 is 0 Å². The highest BCUT2D eigenvalue weighted by Crippen LogP contribution is 2.33. The third kappa shape index (κ3) is 4.31. The van der Waals surface area contributed by atoms with Crippen molar-refractivity contribution in [1.82, 2.24) is 4.90 Å². The van der Waals surface area contributed by atoms with Crippen LogP contribution in [0, 0.1) is 5.41 Å². The fourth-order valence-electron chi connectivity index (χ4n) is 2.27. The maximum atomic E-state index is 12.2. The Bertz CT molecular complexity index is 317. The van der Waals surface area contributed by atoms with Crippen LogP contribution in [0.4, 0.5) is 4.79 Å². The van der Waals surface area contributed by atoms with E-state index in [9.17, 15) is 9.59 Å². The number of ether oxygens (including phenoxy) is 1. The van der Waals surface area contributed by atoms with E-state index in [-0.39, 0.29) is 17.6 Å². The third-order valence-corrected chi connectivity index (χ3v) is 3.19. The summed E-state index contributed by atoms with van der Waals surface area (Å²) in [7, 11) is 0. The van der Waals surface area contributed by atoms with E-state index in [0.717, 1.165) is 19.1 Å². The van der Waals surface area contributed by atoms with Gasteiger partial charge in [-0.2, -0.15) is 0 Å². The molecule has 1 rings (SSSR count). The van der Waals surface area contributed by atoms with Crippen LogP contribution in [-0.4, -0.2) is 35.5 Å². The van der Waals surface area contributed by atoms with Crippen LogP contribution in [0.5, 0.6) is 0 Å². The van der Waals surface area contributed by atoms with Gasteiger partial charge in [-0.3, -0.25) is 0 Å². The lowest BCUT2D eigenvalue weighted by Gasteiger charge is -2.43. The van der Waals surface area contributed by atoms with Gasteiger partial charge in [0.25, 0.3) is 0 Å². The molecule has 0 aromatic carbocycles. The third-order valence-electron chi connectivity index (χ3n) is 3.19.